The average molecular weight is 466 g/mol. The molecule has 0 aliphatic carbocycles. The van der Waals surface area contributed by atoms with E-state index in [0.717, 1.165) is 20.2 Å². The van der Waals surface area contributed by atoms with Crippen molar-refractivity contribution < 1.29 is 4.79 Å². The van der Waals surface area contributed by atoms with Gasteiger partial charge in [-0.15, -0.1) is 21.5 Å². The molecule has 0 atom stereocenters. The number of carbonyl (C=O) groups excluding carboxylic acids is 1. The zero-order chi connectivity index (χ0) is 19.7. The molecule has 1 N–H and O–H groups in total. The molecule has 1 amide bonds. The van der Waals surface area contributed by atoms with Crippen LogP contribution in [0.3, 0.4) is 0 Å². The normalized spacial score (nSPS) is 11.1. The van der Waals surface area contributed by atoms with Crippen molar-refractivity contribution in [2.45, 2.75) is 17.0 Å². The van der Waals surface area contributed by atoms with Gasteiger partial charge in [-0.05, 0) is 24.6 Å². The summed E-state index contributed by atoms with van der Waals surface area (Å²) >= 11 is 16.6. The van der Waals surface area contributed by atoms with Crippen molar-refractivity contribution in [1.29, 1.82) is 0 Å². The Morgan fingerprint density at radius 1 is 1.14 bits per heavy atom. The number of amides is 1. The molecule has 0 fully saturated rings. The summed E-state index contributed by atoms with van der Waals surface area (Å²) in [5.74, 6) is 0.501. The summed E-state index contributed by atoms with van der Waals surface area (Å²) in [7, 11) is 0. The second-order valence-electron chi connectivity index (χ2n) is 5.99. The zero-order valence-electron chi connectivity index (χ0n) is 14.5. The van der Waals surface area contributed by atoms with E-state index in [2.05, 4.69) is 40.6 Å². The molecule has 9 heteroatoms. The first-order valence-electron chi connectivity index (χ1n) is 8.20. The minimum atomic E-state index is -0.297. The van der Waals surface area contributed by atoms with Crippen LogP contribution in [0.25, 0.3) is 10.1 Å². The number of fused-ring (bicyclic) bond motifs is 1. The van der Waals surface area contributed by atoms with Crippen LogP contribution >= 0.6 is 57.6 Å². The van der Waals surface area contributed by atoms with Crippen LogP contribution in [0.4, 0.5) is 5.13 Å². The summed E-state index contributed by atoms with van der Waals surface area (Å²) in [6, 6.07) is 13.7. The van der Waals surface area contributed by atoms with E-state index in [4.69, 9.17) is 23.2 Å². The van der Waals surface area contributed by atoms with Crippen molar-refractivity contribution in [3.63, 3.8) is 0 Å². The summed E-state index contributed by atoms with van der Waals surface area (Å²) in [6.07, 6.45) is 0. The number of aryl methyl sites for hydroxylation is 1. The van der Waals surface area contributed by atoms with Crippen molar-refractivity contribution in [3.8, 4) is 0 Å². The van der Waals surface area contributed by atoms with Crippen molar-refractivity contribution >= 4 is 78.8 Å². The lowest BCUT2D eigenvalue weighted by Gasteiger charge is -2.00. The number of hydrogen-bond acceptors (Lipinski definition) is 6. The van der Waals surface area contributed by atoms with Crippen LogP contribution < -0.4 is 5.32 Å². The van der Waals surface area contributed by atoms with Crippen molar-refractivity contribution in [3.05, 3.63) is 68.5 Å². The fourth-order valence-corrected chi connectivity index (χ4v) is 5.98. The first-order chi connectivity index (χ1) is 13.5. The summed E-state index contributed by atoms with van der Waals surface area (Å²) in [5.41, 5.74) is 2.45. The van der Waals surface area contributed by atoms with Crippen LogP contribution in [0.15, 0.2) is 46.8 Å². The molecule has 0 saturated carbocycles. The second-order valence-corrected chi connectivity index (χ2v) is 10.1. The molecule has 2 heterocycles. The Labute approximate surface area is 183 Å². The highest BCUT2D eigenvalue weighted by molar-refractivity contribution is 8.00. The Balaban J connectivity index is 1.45. The van der Waals surface area contributed by atoms with Gasteiger partial charge in [0.15, 0.2) is 4.34 Å². The number of carbonyl (C=O) groups is 1. The molecule has 0 spiro atoms. The van der Waals surface area contributed by atoms with Crippen LogP contribution in [0.2, 0.25) is 10.0 Å². The highest BCUT2D eigenvalue weighted by Crippen LogP contribution is 2.37. The molecule has 28 heavy (non-hydrogen) atoms. The Bertz CT molecular complexity index is 1170. The molecule has 0 aliphatic rings. The van der Waals surface area contributed by atoms with Crippen LogP contribution in [-0.2, 0) is 5.75 Å². The number of rotatable bonds is 5. The van der Waals surface area contributed by atoms with E-state index in [9.17, 15) is 4.79 Å². The number of thiophene rings is 1. The lowest BCUT2D eigenvalue weighted by Crippen LogP contribution is -2.10. The fraction of sp³-hybridized carbons (Fsp3) is 0.105. The van der Waals surface area contributed by atoms with Gasteiger partial charge in [0.05, 0.1) is 5.02 Å². The molecule has 4 nitrogen and oxygen atoms in total. The van der Waals surface area contributed by atoms with Gasteiger partial charge in [0.1, 0.15) is 4.88 Å². The smallest absolute Gasteiger partial charge is 0.269 e. The maximum absolute atomic E-state index is 12.6. The molecule has 4 rings (SSSR count). The Kier molecular flexibility index (Phi) is 5.89. The quantitative estimate of drug-likeness (QED) is 0.256. The lowest BCUT2D eigenvalue weighted by atomic mass is 10.2. The summed E-state index contributed by atoms with van der Waals surface area (Å²) < 4.78 is 1.67. The molecular weight excluding hydrogens is 453 g/mol. The third-order valence-electron chi connectivity index (χ3n) is 3.87. The Morgan fingerprint density at radius 3 is 2.82 bits per heavy atom. The van der Waals surface area contributed by atoms with Crippen LogP contribution in [0.1, 0.15) is 20.8 Å². The van der Waals surface area contributed by atoms with Crippen molar-refractivity contribution in [1.82, 2.24) is 10.2 Å². The van der Waals surface area contributed by atoms with E-state index in [1.165, 1.54) is 33.8 Å². The SMILES string of the molecule is Cc1cccc(CSc2nnc(NC(=O)c3sc4cc(Cl)ccc4c3Cl)s2)c1. The van der Waals surface area contributed by atoms with Crippen LogP contribution in [0.5, 0.6) is 0 Å². The number of anilines is 1. The first-order valence-corrected chi connectivity index (χ1v) is 11.6. The summed E-state index contributed by atoms with van der Waals surface area (Å²) in [5, 5.41) is 13.3. The third kappa shape index (κ3) is 4.34. The molecule has 2 aromatic carbocycles. The molecule has 0 saturated heterocycles. The van der Waals surface area contributed by atoms with Gasteiger partial charge in [-0.25, -0.2) is 0 Å². The topological polar surface area (TPSA) is 54.9 Å². The Hall–Kier alpha value is -1.64. The minimum absolute atomic E-state index is 0.297. The van der Waals surface area contributed by atoms with Gasteiger partial charge in [-0.1, -0.05) is 82.2 Å². The predicted molar refractivity (Wildman–Crippen MR) is 120 cm³/mol. The van der Waals surface area contributed by atoms with E-state index >= 15 is 0 Å². The van der Waals surface area contributed by atoms with E-state index in [1.54, 1.807) is 23.9 Å². The highest BCUT2D eigenvalue weighted by Gasteiger charge is 2.19. The summed E-state index contributed by atoms with van der Waals surface area (Å²) in [4.78, 5) is 13.1. The van der Waals surface area contributed by atoms with Crippen molar-refractivity contribution in [2.75, 3.05) is 5.32 Å². The average Bonchev–Trinajstić information content (AvgIpc) is 3.24. The van der Waals surface area contributed by atoms with Crippen LogP contribution in [-0.4, -0.2) is 16.1 Å². The fourth-order valence-electron chi connectivity index (χ4n) is 2.60. The number of halogens is 2. The molecule has 0 bridgehead atoms. The maximum atomic E-state index is 12.6. The van der Waals surface area contributed by atoms with Gasteiger partial charge in [0, 0.05) is 20.9 Å². The van der Waals surface area contributed by atoms with Gasteiger partial charge < -0.3 is 0 Å². The molecule has 0 aliphatic heterocycles. The van der Waals surface area contributed by atoms with Gasteiger partial charge in [0.2, 0.25) is 5.13 Å². The van der Waals surface area contributed by atoms with E-state index < -0.39 is 0 Å². The van der Waals surface area contributed by atoms with Gasteiger partial charge in [-0.3, -0.25) is 10.1 Å². The predicted octanol–water partition coefficient (Wildman–Crippen LogP) is 6.91. The first kappa shape index (κ1) is 19.7. The number of nitrogens with zero attached hydrogens (tertiary/aromatic N) is 2. The monoisotopic (exact) mass is 465 g/mol. The van der Waals surface area contributed by atoms with Crippen molar-refractivity contribution in [2.24, 2.45) is 0 Å². The van der Waals surface area contributed by atoms with Gasteiger partial charge in [-0.2, -0.15) is 0 Å². The summed E-state index contributed by atoms with van der Waals surface area (Å²) in [6.45, 7) is 2.07. The lowest BCUT2D eigenvalue weighted by molar-refractivity contribution is 0.103. The number of benzene rings is 2. The molecule has 2 aromatic heterocycles. The second kappa shape index (κ2) is 8.39. The van der Waals surface area contributed by atoms with Gasteiger partial charge in [0.25, 0.3) is 5.91 Å². The standard InChI is InChI=1S/C19H13Cl2N3OS3/c1-10-3-2-4-11(7-10)9-26-19-24-23-18(28-19)22-17(25)16-15(21)13-6-5-12(20)8-14(13)27-16/h2-8H,9H2,1H3,(H,22,23,25). The molecule has 142 valence electrons. The Morgan fingerprint density at radius 2 is 2.00 bits per heavy atom. The number of aromatic nitrogens is 2. The van der Waals surface area contributed by atoms with E-state index in [0.29, 0.717) is 20.1 Å². The van der Waals surface area contributed by atoms with Gasteiger partial charge >= 0.3 is 0 Å². The number of nitrogens with one attached hydrogen (secondary N) is 1. The third-order valence-corrected chi connectivity index (χ3v) is 7.80. The minimum Gasteiger partial charge on any atom is -0.296 e. The van der Waals surface area contributed by atoms with E-state index in [-0.39, 0.29) is 5.91 Å². The zero-order valence-corrected chi connectivity index (χ0v) is 18.5. The van der Waals surface area contributed by atoms with Crippen LogP contribution in [0, 0.1) is 6.92 Å². The molecule has 0 unspecified atom stereocenters. The largest absolute Gasteiger partial charge is 0.296 e. The molecular formula is C19H13Cl2N3OS3. The highest BCUT2D eigenvalue weighted by atomic mass is 35.5. The molecule has 0 radical (unpaired) electrons. The number of thioether (sulfide) groups is 1. The maximum Gasteiger partial charge on any atom is 0.269 e. The number of hydrogen-bond donors (Lipinski definition) is 1. The molecule has 4 aromatic rings. The van der Waals surface area contributed by atoms with E-state index in [1.807, 2.05) is 12.1 Å².